The molecule has 0 heterocycles. The molecule has 2 bridgehead atoms. The molecule has 176 valence electrons. The number of ketones is 1. The highest BCUT2D eigenvalue weighted by Gasteiger charge is 2.54. The van der Waals surface area contributed by atoms with Gasteiger partial charge in [0.1, 0.15) is 5.78 Å². The Balaban J connectivity index is 1.66. The van der Waals surface area contributed by atoms with Crippen LogP contribution in [0.1, 0.15) is 29.6 Å². The molecule has 6 nitrogen and oxygen atoms in total. The van der Waals surface area contributed by atoms with Crippen LogP contribution in [0.5, 0.6) is 0 Å². The minimum atomic E-state index is -4.09. The first-order valence-corrected chi connectivity index (χ1v) is 12.1. The number of amides is 1. The summed E-state index contributed by atoms with van der Waals surface area (Å²) in [5.74, 6) is -7.44. The summed E-state index contributed by atoms with van der Waals surface area (Å²) in [5.41, 5.74) is -0.508. The average molecular weight is 502 g/mol. The largest absolute Gasteiger partial charge is 0.396 e. The fourth-order valence-electron chi connectivity index (χ4n) is 4.94. The van der Waals surface area contributed by atoms with Crippen molar-refractivity contribution in [3.63, 3.8) is 0 Å². The quantitative estimate of drug-likeness (QED) is 0.608. The summed E-state index contributed by atoms with van der Waals surface area (Å²) in [6, 6.07) is 4.70. The van der Waals surface area contributed by atoms with Gasteiger partial charge in [0.2, 0.25) is 0 Å². The van der Waals surface area contributed by atoms with E-state index in [1.807, 2.05) is 0 Å². The number of rotatable bonds is 5. The van der Waals surface area contributed by atoms with Gasteiger partial charge in [0.25, 0.3) is 5.91 Å². The molecule has 2 aromatic carbocycles. The number of aliphatic hydroxyl groups excluding tert-OH is 1. The van der Waals surface area contributed by atoms with E-state index in [2.05, 4.69) is 5.32 Å². The van der Waals surface area contributed by atoms with E-state index < -0.39 is 62.8 Å². The Labute approximate surface area is 192 Å². The maximum absolute atomic E-state index is 13.5. The van der Waals surface area contributed by atoms with Crippen LogP contribution in [0.4, 0.5) is 18.9 Å². The number of halogens is 4. The molecule has 1 amide bonds. The SMILES string of the molecule is O=C(Nc1cc(F)c(F)c(F)c1)c1ccc(Cl)c(S(=O)(=O)[C@H]2C3CC[C@H]2[C@@H](CO)C(=O)C3)c1. The minimum Gasteiger partial charge on any atom is -0.396 e. The van der Waals surface area contributed by atoms with Crippen molar-refractivity contribution < 1.29 is 36.3 Å². The van der Waals surface area contributed by atoms with E-state index in [9.17, 15) is 36.3 Å². The van der Waals surface area contributed by atoms with Gasteiger partial charge in [-0.05, 0) is 42.9 Å². The Morgan fingerprint density at radius 2 is 1.79 bits per heavy atom. The van der Waals surface area contributed by atoms with Gasteiger partial charge in [0.05, 0.1) is 21.8 Å². The lowest BCUT2D eigenvalue weighted by atomic mass is 9.79. The summed E-state index contributed by atoms with van der Waals surface area (Å²) in [5, 5.41) is 10.8. The first kappa shape index (κ1) is 23.7. The van der Waals surface area contributed by atoms with E-state index in [0.717, 1.165) is 6.07 Å². The van der Waals surface area contributed by atoms with Gasteiger partial charge in [-0.25, -0.2) is 21.6 Å². The summed E-state index contributed by atoms with van der Waals surface area (Å²) in [4.78, 5) is 24.5. The van der Waals surface area contributed by atoms with Crippen molar-refractivity contribution in [3.8, 4) is 0 Å². The summed E-state index contributed by atoms with van der Waals surface area (Å²) in [6.07, 6.45) is 1.05. The second-order valence-corrected chi connectivity index (χ2v) is 10.8. The van der Waals surface area contributed by atoms with E-state index in [4.69, 9.17) is 11.6 Å². The van der Waals surface area contributed by atoms with E-state index in [1.165, 1.54) is 12.1 Å². The zero-order valence-electron chi connectivity index (χ0n) is 17.0. The van der Waals surface area contributed by atoms with Gasteiger partial charge < -0.3 is 10.4 Å². The number of nitrogens with one attached hydrogen (secondary N) is 1. The van der Waals surface area contributed by atoms with Gasteiger partial charge in [-0.3, -0.25) is 9.59 Å². The van der Waals surface area contributed by atoms with E-state index in [-0.39, 0.29) is 33.4 Å². The molecule has 0 saturated heterocycles. The highest BCUT2D eigenvalue weighted by molar-refractivity contribution is 7.92. The summed E-state index contributed by atoms with van der Waals surface area (Å²) >= 11 is 6.17. The van der Waals surface area contributed by atoms with Crippen molar-refractivity contribution in [2.24, 2.45) is 17.8 Å². The predicted molar refractivity (Wildman–Crippen MR) is 113 cm³/mol. The van der Waals surface area contributed by atoms with Crippen molar-refractivity contribution in [2.45, 2.75) is 29.4 Å². The lowest BCUT2D eigenvalue weighted by Gasteiger charge is -2.34. The Morgan fingerprint density at radius 1 is 1.12 bits per heavy atom. The standard InChI is InChI=1S/C22H19ClF3NO5S/c23-15-4-2-11(22(30)27-12-7-16(24)20(26)17(25)8-12)6-19(15)33(31,32)21-10-1-3-13(21)14(9-28)18(29)5-10/h2,4,6-8,10,13-14,21,28H,1,3,5,9H2,(H,27,30)/t10?,13-,14+,21-/m0/s1. The normalized spacial score (nSPS) is 24.7. The summed E-state index contributed by atoms with van der Waals surface area (Å²) in [7, 11) is -4.09. The van der Waals surface area contributed by atoms with Crippen LogP contribution in [-0.2, 0) is 14.6 Å². The van der Waals surface area contributed by atoms with Crippen molar-refractivity contribution in [2.75, 3.05) is 11.9 Å². The number of anilines is 1. The molecule has 2 aliphatic carbocycles. The Hall–Kier alpha value is -2.43. The van der Waals surface area contributed by atoms with Gasteiger partial charge in [-0.1, -0.05) is 11.6 Å². The molecule has 2 aromatic rings. The van der Waals surface area contributed by atoms with Gasteiger partial charge in [-0.2, -0.15) is 0 Å². The number of sulfone groups is 1. The van der Waals surface area contributed by atoms with Gasteiger partial charge >= 0.3 is 0 Å². The zero-order valence-corrected chi connectivity index (χ0v) is 18.6. The molecule has 2 N–H and O–H groups in total. The lowest BCUT2D eigenvalue weighted by Crippen LogP contribution is -2.44. The number of aliphatic hydroxyl groups is 1. The Morgan fingerprint density at radius 3 is 2.42 bits per heavy atom. The van der Waals surface area contributed by atoms with E-state index >= 15 is 0 Å². The number of benzene rings is 2. The van der Waals surface area contributed by atoms with Crippen LogP contribution in [0.2, 0.25) is 5.02 Å². The van der Waals surface area contributed by atoms with Crippen LogP contribution in [0.25, 0.3) is 0 Å². The monoisotopic (exact) mass is 501 g/mol. The molecule has 2 fully saturated rings. The number of fused-ring (bicyclic) bond motifs is 2. The third kappa shape index (κ3) is 4.15. The van der Waals surface area contributed by atoms with Gasteiger partial charge in [0, 0.05) is 35.7 Å². The minimum absolute atomic E-state index is 0.0467. The maximum Gasteiger partial charge on any atom is 0.255 e. The molecule has 1 unspecified atom stereocenters. The fourth-order valence-corrected chi connectivity index (χ4v) is 7.83. The lowest BCUT2D eigenvalue weighted by molar-refractivity contribution is -0.128. The van der Waals surface area contributed by atoms with Crippen LogP contribution in [0, 0.1) is 35.2 Å². The number of carbonyl (C=O) groups is 2. The topological polar surface area (TPSA) is 101 Å². The highest BCUT2D eigenvalue weighted by atomic mass is 35.5. The molecule has 0 aromatic heterocycles. The fraction of sp³-hybridized carbons (Fsp3) is 0.364. The van der Waals surface area contributed by atoms with Crippen LogP contribution in [0.15, 0.2) is 35.2 Å². The second-order valence-electron chi connectivity index (χ2n) is 8.32. The maximum atomic E-state index is 13.5. The first-order chi connectivity index (χ1) is 15.5. The molecule has 2 saturated carbocycles. The van der Waals surface area contributed by atoms with Gasteiger partial charge in [0.15, 0.2) is 27.3 Å². The first-order valence-electron chi connectivity index (χ1n) is 10.2. The second kappa shape index (κ2) is 8.73. The molecule has 11 heteroatoms. The molecule has 0 aliphatic heterocycles. The van der Waals surface area contributed by atoms with Crippen molar-refractivity contribution >= 4 is 38.8 Å². The smallest absolute Gasteiger partial charge is 0.255 e. The number of carbonyl (C=O) groups excluding carboxylic acids is 2. The molecular formula is C22H19ClF3NO5S. The molecule has 4 rings (SSSR count). The van der Waals surface area contributed by atoms with Crippen molar-refractivity contribution in [1.82, 2.24) is 0 Å². The predicted octanol–water partition coefficient (Wildman–Crippen LogP) is 3.76. The van der Waals surface area contributed by atoms with Crippen molar-refractivity contribution in [3.05, 3.63) is 58.4 Å². The Kier molecular flexibility index (Phi) is 6.28. The number of hydrogen-bond donors (Lipinski definition) is 2. The average Bonchev–Trinajstić information content (AvgIpc) is 3.09. The van der Waals surface area contributed by atoms with Gasteiger partial charge in [-0.15, -0.1) is 0 Å². The van der Waals surface area contributed by atoms with Crippen molar-refractivity contribution in [1.29, 1.82) is 0 Å². The zero-order chi connectivity index (χ0) is 24.1. The molecule has 0 radical (unpaired) electrons. The molecule has 4 atom stereocenters. The molecule has 0 spiro atoms. The summed E-state index contributed by atoms with van der Waals surface area (Å²) in [6.45, 7) is -0.441. The third-order valence-corrected chi connectivity index (χ3v) is 9.29. The highest BCUT2D eigenvalue weighted by Crippen LogP contribution is 2.49. The van der Waals surface area contributed by atoms with E-state index in [1.54, 1.807) is 0 Å². The molecule has 2 aliphatic rings. The van der Waals surface area contributed by atoms with Crippen LogP contribution < -0.4 is 5.32 Å². The molecular weight excluding hydrogens is 483 g/mol. The van der Waals surface area contributed by atoms with Crippen LogP contribution in [0.3, 0.4) is 0 Å². The van der Waals surface area contributed by atoms with Crippen LogP contribution >= 0.6 is 11.6 Å². The Bertz CT molecular complexity index is 1230. The van der Waals surface area contributed by atoms with E-state index in [0.29, 0.717) is 25.0 Å². The third-order valence-electron chi connectivity index (χ3n) is 6.45. The number of Topliss-reactive ketones (excluding diaryl/α,β-unsaturated/α-hetero) is 1. The number of hydrogen-bond acceptors (Lipinski definition) is 5. The molecule has 33 heavy (non-hydrogen) atoms. The van der Waals surface area contributed by atoms with Crippen LogP contribution in [-0.4, -0.2) is 37.1 Å². The summed E-state index contributed by atoms with van der Waals surface area (Å²) < 4.78 is 67.1.